The Kier molecular flexibility index (Phi) is 6.48. The van der Waals surface area contributed by atoms with Crippen LogP contribution in [-0.2, 0) is 11.2 Å². The number of H-pyrrole nitrogens is 1. The summed E-state index contributed by atoms with van der Waals surface area (Å²) in [6.45, 7) is 2.96. The third-order valence-electron chi connectivity index (χ3n) is 5.04. The largest absolute Gasteiger partial charge is 0.487 e. The first-order chi connectivity index (χ1) is 16.6. The van der Waals surface area contributed by atoms with E-state index in [0.29, 0.717) is 22.8 Å². The van der Waals surface area contributed by atoms with E-state index in [9.17, 15) is 19.1 Å². The minimum absolute atomic E-state index is 0.126. The lowest BCUT2D eigenvalue weighted by molar-refractivity contribution is -0.120. The molecule has 2 aromatic heterocycles. The van der Waals surface area contributed by atoms with Gasteiger partial charge in [0.25, 0.3) is 11.8 Å². The number of pyridine rings is 1. The molecule has 3 aromatic rings. The zero-order valence-electron chi connectivity index (χ0n) is 19.3. The van der Waals surface area contributed by atoms with Crippen LogP contribution in [0.4, 0.5) is 10.2 Å². The molecule has 0 bridgehead atoms. The van der Waals surface area contributed by atoms with Crippen LogP contribution in [0.3, 0.4) is 0 Å². The summed E-state index contributed by atoms with van der Waals surface area (Å²) < 4.78 is 19.6. The van der Waals surface area contributed by atoms with Crippen molar-refractivity contribution >= 4 is 17.6 Å². The summed E-state index contributed by atoms with van der Waals surface area (Å²) in [7, 11) is 1.51. The average Bonchev–Trinajstić information content (AvgIpc) is 3.25. The minimum Gasteiger partial charge on any atom is -0.487 e. The Morgan fingerprint density at radius 3 is 2.83 bits per heavy atom. The smallest absolute Gasteiger partial charge is 0.291 e. The Bertz CT molecular complexity index is 1340. The number of aromatic amines is 1. The molecule has 1 unspecified atom stereocenters. The van der Waals surface area contributed by atoms with Crippen LogP contribution in [0.15, 0.2) is 36.4 Å². The fourth-order valence-electron chi connectivity index (χ4n) is 3.28. The van der Waals surface area contributed by atoms with E-state index in [2.05, 4.69) is 37.3 Å². The molecule has 1 aromatic carbocycles. The molecule has 3 N–H and O–H groups in total. The Hall–Kier alpha value is -4.30. The summed E-state index contributed by atoms with van der Waals surface area (Å²) in [6.07, 6.45) is 0.126. The third kappa shape index (κ3) is 5.62. The molecule has 1 aliphatic heterocycles. The maximum absolute atomic E-state index is 13.9. The predicted molar refractivity (Wildman–Crippen MR) is 123 cm³/mol. The molecule has 180 valence electrons. The molecule has 35 heavy (non-hydrogen) atoms. The van der Waals surface area contributed by atoms with Crippen molar-refractivity contribution in [3.05, 3.63) is 65.1 Å². The first-order valence-electron chi connectivity index (χ1n) is 10.7. The van der Waals surface area contributed by atoms with E-state index in [1.165, 1.54) is 18.0 Å². The van der Waals surface area contributed by atoms with Crippen LogP contribution in [0.2, 0.25) is 0 Å². The van der Waals surface area contributed by atoms with E-state index in [0.717, 1.165) is 0 Å². The van der Waals surface area contributed by atoms with Crippen molar-refractivity contribution in [3.63, 3.8) is 0 Å². The van der Waals surface area contributed by atoms with Crippen LogP contribution in [-0.4, -0.2) is 62.4 Å². The monoisotopic (exact) mass is 478 g/mol. The lowest BCUT2D eigenvalue weighted by Gasteiger charge is -2.19. The zero-order valence-corrected chi connectivity index (χ0v) is 19.3. The first-order valence-corrected chi connectivity index (χ1v) is 10.7. The summed E-state index contributed by atoms with van der Waals surface area (Å²) in [4.78, 5) is 35.4. The number of ether oxygens (including phenoxy) is 1. The fourth-order valence-corrected chi connectivity index (χ4v) is 3.28. The van der Waals surface area contributed by atoms with E-state index in [1.807, 2.05) is 0 Å². The number of benzene rings is 1. The van der Waals surface area contributed by atoms with Gasteiger partial charge in [-0.3, -0.25) is 19.6 Å². The van der Waals surface area contributed by atoms with E-state index >= 15 is 0 Å². The molecule has 0 saturated carbocycles. The van der Waals surface area contributed by atoms with E-state index in [1.54, 1.807) is 44.2 Å². The highest BCUT2D eigenvalue weighted by molar-refractivity contribution is 6.01. The lowest BCUT2D eigenvalue weighted by Crippen LogP contribution is -2.49. The SMILES string of the molecule is CN1C(=O)C(NC(=O)c2n[nH]c(Cc3ccccc3F)n2)COc2ccc(C#CC(C)(C)O)nc21. The Balaban J connectivity index is 1.46. The number of anilines is 1. The number of likely N-dealkylation sites (N-methyl/N-ethyl adjacent to an activating group) is 1. The molecular weight excluding hydrogens is 455 g/mol. The van der Waals surface area contributed by atoms with E-state index < -0.39 is 23.5 Å². The maximum Gasteiger partial charge on any atom is 0.291 e. The number of carbonyl (C=O) groups excluding carboxylic acids is 2. The van der Waals surface area contributed by atoms with Crippen molar-refractivity contribution in [3.8, 4) is 17.6 Å². The second kappa shape index (κ2) is 9.52. The number of hydrogen-bond acceptors (Lipinski definition) is 7. The number of carbonyl (C=O) groups is 2. The second-order valence-electron chi connectivity index (χ2n) is 8.44. The molecule has 0 radical (unpaired) electrons. The molecule has 0 aliphatic carbocycles. The number of amides is 2. The van der Waals surface area contributed by atoms with Crippen LogP contribution in [0.25, 0.3) is 0 Å². The van der Waals surface area contributed by atoms with E-state index in [-0.39, 0.29) is 30.5 Å². The van der Waals surface area contributed by atoms with Crippen LogP contribution in [0.5, 0.6) is 5.75 Å². The number of nitrogens with one attached hydrogen (secondary N) is 2. The van der Waals surface area contributed by atoms with Gasteiger partial charge in [-0.05, 0) is 43.5 Å². The van der Waals surface area contributed by atoms with Gasteiger partial charge in [0.1, 0.15) is 35.6 Å². The van der Waals surface area contributed by atoms with Gasteiger partial charge in [0, 0.05) is 13.5 Å². The van der Waals surface area contributed by atoms with Crippen LogP contribution >= 0.6 is 0 Å². The van der Waals surface area contributed by atoms with Crippen LogP contribution in [0, 0.1) is 17.7 Å². The highest BCUT2D eigenvalue weighted by Crippen LogP contribution is 2.28. The number of fused-ring (bicyclic) bond motifs is 1. The van der Waals surface area contributed by atoms with Gasteiger partial charge in [-0.2, -0.15) is 0 Å². The molecule has 11 heteroatoms. The van der Waals surface area contributed by atoms with Gasteiger partial charge in [0.15, 0.2) is 11.6 Å². The molecule has 1 aliphatic rings. The van der Waals surface area contributed by atoms with Crippen molar-refractivity contribution in [2.75, 3.05) is 18.6 Å². The Morgan fingerprint density at radius 1 is 1.31 bits per heavy atom. The summed E-state index contributed by atoms with van der Waals surface area (Å²) in [5, 5.41) is 18.9. The maximum atomic E-state index is 13.9. The summed E-state index contributed by atoms with van der Waals surface area (Å²) in [5.41, 5.74) is -0.446. The summed E-state index contributed by atoms with van der Waals surface area (Å²) in [5.74, 6) is 4.59. The topological polar surface area (TPSA) is 133 Å². The van der Waals surface area contributed by atoms with Crippen molar-refractivity contribution in [2.45, 2.75) is 31.9 Å². The minimum atomic E-state index is -1.20. The molecule has 4 rings (SSSR count). The van der Waals surface area contributed by atoms with Gasteiger partial charge in [-0.25, -0.2) is 14.4 Å². The standard InChI is InChI=1S/C24H23FN6O4/c1-24(2,34)11-10-15-8-9-18-21(26-15)31(3)23(33)17(13-35-18)27-22(32)20-28-19(29-30-20)12-14-6-4-5-7-16(14)25/h4-9,17,34H,12-13H2,1-3H3,(H,27,32)(H,28,29,30). The third-order valence-corrected chi connectivity index (χ3v) is 5.04. The zero-order chi connectivity index (χ0) is 25.2. The Labute approximate surface area is 200 Å². The molecule has 3 heterocycles. The first kappa shape index (κ1) is 23.8. The predicted octanol–water partition coefficient (Wildman–Crippen LogP) is 1.21. The van der Waals surface area contributed by atoms with Crippen LogP contribution in [0.1, 0.15) is 41.5 Å². The number of aromatic nitrogens is 4. The van der Waals surface area contributed by atoms with Gasteiger partial charge in [0.05, 0.1) is 0 Å². The fraction of sp³-hybridized carbons (Fsp3) is 0.292. The average molecular weight is 478 g/mol. The summed E-state index contributed by atoms with van der Waals surface area (Å²) in [6, 6.07) is 8.44. The lowest BCUT2D eigenvalue weighted by atomic mass is 10.1. The number of aliphatic hydroxyl groups is 1. The van der Waals surface area contributed by atoms with Gasteiger partial charge < -0.3 is 15.2 Å². The van der Waals surface area contributed by atoms with Gasteiger partial charge >= 0.3 is 0 Å². The second-order valence-corrected chi connectivity index (χ2v) is 8.44. The molecular formula is C24H23FN6O4. The molecule has 10 nitrogen and oxygen atoms in total. The molecule has 0 fully saturated rings. The number of halogens is 1. The van der Waals surface area contributed by atoms with Crippen molar-refractivity contribution in [1.82, 2.24) is 25.5 Å². The quantitative estimate of drug-likeness (QED) is 0.480. The van der Waals surface area contributed by atoms with Crippen LogP contribution < -0.4 is 15.0 Å². The van der Waals surface area contributed by atoms with Crippen molar-refractivity contribution in [2.24, 2.45) is 0 Å². The molecule has 0 saturated heterocycles. The van der Waals surface area contributed by atoms with Crippen molar-refractivity contribution < 1.29 is 23.8 Å². The Morgan fingerprint density at radius 2 is 2.09 bits per heavy atom. The van der Waals surface area contributed by atoms with Gasteiger partial charge in [-0.15, -0.1) is 5.10 Å². The van der Waals surface area contributed by atoms with Crippen molar-refractivity contribution in [1.29, 1.82) is 0 Å². The highest BCUT2D eigenvalue weighted by atomic mass is 19.1. The molecule has 1 atom stereocenters. The normalized spacial score (nSPS) is 15.4. The highest BCUT2D eigenvalue weighted by Gasteiger charge is 2.32. The summed E-state index contributed by atoms with van der Waals surface area (Å²) >= 11 is 0. The van der Waals surface area contributed by atoms with Gasteiger partial charge in [-0.1, -0.05) is 24.1 Å². The number of hydrogen-bond donors (Lipinski definition) is 3. The molecule has 2 amide bonds. The van der Waals surface area contributed by atoms with E-state index in [4.69, 9.17) is 4.74 Å². The molecule has 0 spiro atoms. The number of rotatable bonds is 4. The van der Waals surface area contributed by atoms with Gasteiger partial charge in [0.2, 0.25) is 5.82 Å². The number of nitrogens with zero attached hydrogens (tertiary/aromatic N) is 4.